The Labute approximate surface area is 114 Å². The lowest BCUT2D eigenvalue weighted by molar-refractivity contribution is -0.116. The zero-order chi connectivity index (χ0) is 12.7. The second kappa shape index (κ2) is 7.31. The number of hydrogen-bond acceptors (Lipinski definition) is 2. The molecular formula is C12H12BrClN2O. The summed E-state index contributed by atoms with van der Waals surface area (Å²) in [5, 5.41) is 3.12. The summed E-state index contributed by atoms with van der Waals surface area (Å²) in [5.41, 5.74) is 0.628. The molecule has 0 aliphatic heterocycles. The molecule has 1 amide bonds. The van der Waals surface area contributed by atoms with Crippen LogP contribution in [0.3, 0.4) is 0 Å². The van der Waals surface area contributed by atoms with Crippen LogP contribution in [0.25, 0.3) is 0 Å². The molecule has 1 heterocycles. The summed E-state index contributed by atoms with van der Waals surface area (Å²) < 4.78 is 0.657. The van der Waals surface area contributed by atoms with Gasteiger partial charge in [0, 0.05) is 12.8 Å². The molecule has 0 aliphatic carbocycles. The van der Waals surface area contributed by atoms with E-state index in [1.165, 1.54) is 6.20 Å². The highest BCUT2D eigenvalue weighted by Gasteiger charge is 2.04. The Morgan fingerprint density at radius 2 is 2.35 bits per heavy atom. The van der Waals surface area contributed by atoms with Crippen molar-refractivity contribution in [3.8, 4) is 12.3 Å². The fourth-order valence-corrected chi connectivity index (χ4v) is 1.68. The molecule has 1 rings (SSSR count). The second-order valence-electron chi connectivity index (χ2n) is 3.46. The van der Waals surface area contributed by atoms with Crippen molar-refractivity contribution in [3.63, 3.8) is 0 Å². The zero-order valence-electron chi connectivity index (χ0n) is 9.17. The van der Waals surface area contributed by atoms with Crippen LogP contribution >= 0.6 is 27.5 Å². The quantitative estimate of drug-likeness (QED) is 0.512. The number of unbranched alkanes of at least 4 members (excludes halogenated alkanes) is 2. The van der Waals surface area contributed by atoms with Gasteiger partial charge in [-0.3, -0.25) is 4.79 Å². The van der Waals surface area contributed by atoms with Crippen molar-refractivity contribution < 1.29 is 4.79 Å². The van der Waals surface area contributed by atoms with E-state index in [9.17, 15) is 4.79 Å². The van der Waals surface area contributed by atoms with E-state index in [2.05, 4.69) is 32.2 Å². The van der Waals surface area contributed by atoms with E-state index >= 15 is 0 Å². The first kappa shape index (κ1) is 14.0. The summed E-state index contributed by atoms with van der Waals surface area (Å²) in [6.07, 6.45) is 9.47. The van der Waals surface area contributed by atoms with Gasteiger partial charge in [-0.1, -0.05) is 11.6 Å². The predicted molar refractivity (Wildman–Crippen MR) is 72.9 cm³/mol. The highest BCUT2D eigenvalue weighted by Crippen LogP contribution is 2.22. The standard InChI is InChI=1S/C12H12BrClN2O/c1-2-3-4-5-6-11(17)16-9-7-10(13)12(14)15-8-9/h1,7-8H,3-6H2,(H,16,17). The van der Waals surface area contributed by atoms with Crippen LogP contribution in [0.15, 0.2) is 16.7 Å². The molecule has 1 aromatic heterocycles. The van der Waals surface area contributed by atoms with Crippen LogP contribution in [0, 0.1) is 12.3 Å². The molecule has 3 nitrogen and oxygen atoms in total. The summed E-state index contributed by atoms with van der Waals surface area (Å²) in [4.78, 5) is 15.5. The molecule has 17 heavy (non-hydrogen) atoms. The highest BCUT2D eigenvalue weighted by molar-refractivity contribution is 9.10. The molecule has 0 aliphatic rings. The van der Waals surface area contributed by atoms with E-state index in [-0.39, 0.29) is 5.91 Å². The number of anilines is 1. The van der Waals surface area contributed by atoms with Crippen LogP contribution in [0.1, 0.15) is 25.7 Å². The molecule has 0 radical (unpaired) electrons. The van der Waals surface area contributed by atoms with Gasteiger partial charge in [-0.25, -0.2) is 4.98 Å². The number of nitrogens with one attached hydrogen (secondary N) is 1. The fourth-order valence-electron chi connectivity index (χ4n) is 1.23. The van der Waals surface area contributed by atoms with E-state index in [4.69, 9.17) is 18.0 Å². The van der Waals surface area contributed by atoms with Crippen molar-refractivity contribution in [1.82, 2.24) is 4.98 Å². The second-order valence-corrected chi connectivity index (χ2v) is 4.67. The minimum atomic E-state index is -0.0435. The van der Waals surface area contributed by atoms with Crippen molar-refractivity contribution in [1.29, 1.82) is 0 Å². The Morgan fingerprint density at radius 3 is 3.00 bits per heavy atom. The highest BCUT2D eigenvalue weighted by atomic mass is 79.9. The van der Waals surface area contributed by atoms with Gasteiger partial charge in [-0.05, 0) is 34.8 Å². The fraction of sp³-hybridized carbons (Fsp3) is 0.333. The SMILES string of the molecule is C#CCCCCC(=O)Nc1cnc(Cl)c(Br)c1. The van der Waals surface area contributed by atoms with Gasteiger partial charge in [-0.15, -0.1) is 12.3 Å². The number of carbonyl (C=O) groups excluding carboxylic acids is 1. The molecule has 1 N–H and O–H groups in total. The Hall–Kier alpha value is -1.05. The van der Waals surface area contributed by atoms with Gasteiger partial charge in [0.15, 0.2) is 0 Å². The Bertz CT molecular complexity index is 443. The monoisotopic (exact) mass is 314 g/mol. The van der Waals surface area contributed by atoms with E-state index in [0.717, 1.165) is 12.8 Å². The number of amides is 1. The minimum Gasteiger partial charge on any atom is -0.325 e. The summed E-state index contributed by atoms with van der Waals surface area (Å²) >= 11 is 8.99. The van der Waals surface area contributed by atoms with Crippen LogP contribution in [0.2, 0.25) is 5.15 Å². The number of nitrogens with zero attached hydrogens (tertiary/aromatic N) is 1. The smallest absolute Gasteiger partial charge is 0.224 e. The molecule has 1 aromatic rings. The predicted octanol–water partition coefficient (Wildman–Crippen LogP) is 3.63. The molecule has 0 fully saturated rings. The van der Waals surface area contributed by atoms with Crippen LogP contribution < -0.4 is 5.32 Å². The third kappa shape index (κ3) is 5.20. The van der Waals surface area contributed by atoms with Crippen molar-refractivity contribution in [2.24, 2.45) is 0 Å². The van der Waals surface area contributed by atoms with Crippen LogP contribution in [0.5, 0.6) is 0 Å². The lowest BCUT2D eigenvalue weighted by atomic mass is 10.2. The Kier molecular flexibility index (Phi) is 6.03. The lowest BCUT2D eigenvalue weighted by Crippen LogP contribution is -2.11. The van der Waals surface area contributed by atoms with Gasteiger partial charge >= 0.3 is 0 Å². The lowest BCUT2D eigenvalue weighted by Gasteiger charge is -2.05. The number of carbonyl (C=O) groups is 1. The van der Waals surface area contributed by atoms with Gasteiger partial charge in [0.1, 0.15) is 5.15 Å². The van der Waals surface area contributed by atoms with E-state index < -0.39 is 0 Å². The molecule has 0 unspecified atom stereocenters. The van der Waals surface area contributed by atoms with Gasteiger partial charge in [0.25, 0.3) is 0 Å². The maximum absolute atomic E-state index is 11.5. The van der Waals surface area contributed by atoms with E-state index in [1.807, 2.05) is 0 Å². The largest absolute Gasteiger partial charge is 0.325 e. The number of aromatic nitrogens is 1. The summed E-state index contributed by atoms with van der Waals surface area (Å²) in [6.45, 7) is 0. The number of hydrogen-bond donors (Lipinski definition) is 1. The maximum atomic E-state index is 11.5. The third-order valence-electron chi connectivity index (χ3n) is 2.05. The molecule has 0 saturated carbocycles. The molecule has 0 aromatic carbocycles. The average Bonchev–Trinajstić information content (AvgIpc) is 2.30. The van der Waals surface area contributed by atoms with Gasteiger partial charge in [-0.2, -0.15) is 0 Å². The normalized spacial score (nSPS) is 9.71. The number of terminal acetylenes is 1. The first-order valence-electron chi connectivity index (χ1n) is 5.18. The molecule has 0 spiro atoms. The first-order chi connectivity index (χ1) is 8.13. The van der Waals surface area contributed by atoms with Crippen LogP contribution in [0.4, 0.5) is 5.69 Å². The molecule has 5 heteroatoms. The average molecular weight is 316 g/mol. The van der Waals surface area contributed by atoms with Gasteiger partial charge in [0.05, 0.1) is 16.4 Å². The van der Waals surface area contributed by atoms with Crippen molar-refractivity contribution in [3.05, 3.63) is 21.9 Å². The van der Waals surface area contributed by atoms with Crippen molar-refractivity contribution >= 4 is 39.1 Å². The maximum Gasteiger partial charge on any atom is 0.224 e. The topological polar surface area (TPSA) is 42.0 Å². The van der Waals surface area contributed by atoms with Gasteiger partial charge in [0.2, 0.25) is 5.91 Å². The number of halogens is 2. The Balaban J connectivity index is 2.40. The molecule has 0 atom stereocenters. The van der Waals surface area contributed by atoms with Crippen molar-refractivity contribution in [2.75, 3.05) is 5.32 Å². The molecule has 90 valence electrons. The Morgan fingerprint density at radius 1 is 1.59 bits per heavy atom. The third-order valence-corrected chi connectivity index (χ3v) is 3.19. The van der Waals surface area contributed by atoms with Gasteiger partial charge < -0.3 is 5.32 Å². The molecule has 0 saturated heterocycles. The zero-order valence-corrected chi connectivity index (χ0v) is 11.5. The summed E-state index contributed by atoms with van der Waals surface area (Å²) in [7, 11) is 0. The number of pyridine rings is 1. The van der Waals surface area contributed by atoms with Crippen molar-refractivity contribution in [2.45, 2.75) is 25.7 Å². The van der Waals surface area contributed by atoms with E-state index in [0.29, 0.717) is 28.2 Å². The summed E-state index contributed by atoms with van der Waals surface area (Å²) in [6, 6.07) is 1.72. The number of rotatable bonds is 5. The van der Waals surface area contributed by atoms with Crippen LogP contribution in [-0.4, -0.2) is 10.9 Å². The first-order valence-corrected chi connectivity index (χ1v) is 6.35. The van der Waals surface area contributed by atoms with E-state index in [1.54, 1.807) is 6.07 Å². The molecular weight excluding hydrogens is 304 g/mol. The minimum absolute atomic E-state index is 0.0435. The molecule has 0 bridgehead atoms. The summed E-state index contributed by atoms with van der Waals surface area (Å²) in [5.74, 6) is 2.50. The van der Waals surface area contributed by atoms with Crippen LogP contribution in [-0.2, 0) is 4.79 Å².